The van der Waals surface area contributed by atoms with Gasteiger partial charge in [0.15, 0.2) is 5.82 Å². The molecule has 1 amide bonds. The lowest BCUT2D eigenvalue weighted by Crippen LogP contribution is -2.14. The molecule has 0 atom stereocenters. The minimum atomic E-state index is -0.859. The number of amides is 1. The van der Waals surface area contributed by atoms with Crippen LogP contribution in [0.25, 0.3) is 0 Å². The first kappa shape index (κ1) is 12.8. The molecule has 0 spiro atoms. The van der Waals surface area contributed by atoms with Crippen LogP contribution in [0.15, 0.2) is 12.1 Å². The van der Waals surface area contributed by atoms with Crippen molar-refractivity contribution < 1.29 is 13.6 Å². The van der Waals surface area contributed by atoms with Gasteiger partial charge in [-0.05, 0) is 30.2 Å². The number of anilines is 1. The highest BCUT2D eigenvalue weighted by molar-refractivity contribution is 7.17. The van der Waals surface area contributed by atoms with Gasteiger partial charge >= 0.3 is 0 Å². The molecule has 2 rings (SSSR count). The molecule has 0 bridgehead atoms. The fraction of sp³-hybridized carbons (Fsp3) is 0.100. The highest BCUT2D eigenvalue weighted by Gasteiger charge is 2.18. The number of carbonyl (C=O) groups is 1. The molecular weight excluding hydrogens is 284 g/mol. The maximum Gasteiger partial charge on any atom is 0.286 e. The molecule has 0 aliphatic rings. The number of hydrogen-bond donors (Lipinski definition) is 1. The Morgan fingerprint density at radius 3 is 2.72 bits per heavy atom. The summed E-state index contributed by atoms with van der Waals surface area (Å²) in [5, 5.41) is 8.94. The Kier molecular flexibility index (Phi) is 3.53. The third-order valence-corrected chi connectivity index (χ3v) is 3.13. The molecule has 2 aromatic rings. The molecule has 4 nitrogen and oxygen atoms in total. The van der Waals surface area contributed by atoms with Crippen LogP contribution in [0, 0.1) is 18.6 Å². The van der Waals surface area contributed by atoms with Crippen LogP contribution >= 0.6 is 22.9 Å². The van der Waals surface area contributed by atoms with Gasteiger partial charge in [-0.1, -0.05) is 17.4 Å². The number of hydrogen-bond acceptors (Lipinski definition) is 4. The first-order chi connectivity index (χ1) is 8.49. The number of aromatic nitrogens is 2. The second-order valence-corrected chi connectivity index (χ2v) is 4.93. The number of benzene rings is 1. The number of halogens is 3. The van der Waals surface area contributed by atoms with E-state index in [4.69, 9.17) is 11.6 Å². The highest BCUT2D eigenvalue weighted by Crippen LogP contribution is 2.23. The molecular formula is C10H6ClF2N3OS. The molecule has 1 aromatic carbocycles. The second-order valence-electron chi connectivity index (χ2n) is 3.37. The number of nitrogens with zero attached hydrogens (tertiary/aromatic N) is 2. The smallest absolute Gasteiger partial charge is 0.286 e. The van der Waals surface area contributed by atoms with Crippen molar-refractivity contribution in [1.82, 2.24) is 10.2 Å². The fourth-order valence-corrected chi connectivity index (χ4v) is 1.96. The van der Waals surface area contributed by atoms with Crippen LogP contribution in [-0.4, -0.2) is 16.1 Å². The van der Waals surface area contributed by atoms with Crippen LogP contribution in [0.3, 0.4) is 0 Å². The van der Waals surface area contributed by atoms with Crippen molar-refractivity contribution in [3.8, 4) is 0 Å². The van der Waals surface area contributed by atoms with Gasteiger partial charge in [-0.2, -0.15) is 0 Å². The lowest BCUT2D eigenvalue weighted by atomic mass is 10.2. The highest BCUT2D eigenvalue weighted by atomic mass is 35.5. The zero-order valence-corrected chi connectivity index (χ0v) is 10.6. The van der Waals surface area contributed by atoms with Gasteiger partial charge in [-0.15, -0.1) is 10.2 Å². The van der Waals surface area contributed by atoms with Gasteiger partial charge in [-0.25, -0.2) is 8.78 Å². The van der Waals surface area contributed by atoms with E-state index in [2.05, 4.69) is 15.5 Å². The zero-order chi connectivity index (χ0) is 13.3. The van der Waals surface area contributed by atoms with Gasteiger partial charge in [0.25, 0.3) is 5.91 Å². The Labute approximate surface area is 110 Å². The van der Waals surface area contributed by atoms with Crippen molar-refractivity contribution in [3.63, 3.8) is 0 Å². The molecule has 0 saturated carbocycles. The summed E-state index contributed by atoms with van der Waals surface area (Å²) in [6.07, 6.45) is 0. The summed E-state index contributed by atoms with van der Waals surface area (Å²) in [4.78, 5) is 11.6. The Morgan fingerprint density at radius 1 is 1.39 bits per heavy atom. The molecule has 0 aliphatic heterocycles. The van der Waals surface area contributed by atoms with Crippen molar-refractivity contribution in [2.45, 2.75) is 6.92 Å². The van der Waals surface area contributed by atoms with E-state index in [0.717, 1.165) is 17.4 Å². The topological polar surface area (TPSA) is 54.9 Å². The van der Waals surface area contributed by atoms with Crippen LogP contribution < -0.4 is 5.32 Å². The van der Waals surface area contributed by atoms with E-state index in [1.54, 1.807) is 0 Å². The van der Waals surface area contributed by atoms with Gasteiger partial charge in [0.1, 0.15) is 11.5 Å². The summed E-state index contributed by atoms with van der Waals surface area (Å²) in [5.41, 5.74) is -0.284. The average Bonchev–Trinajstić information content (AvgIpc) is 2.76. The SMILES string of the molecule is Cc1ccc(F)c(NC(=O)c2nnc(Cl)s2)c1F. The second kappa shape index (κ2) is 4.95. The van der Waals surface area contributed by atoms with Crippen LogP contribution in [0.1, 0.15) is 15.4 Å². The Bertz CT molecular complexity index is 617. The van der Waals surface area contributed by atoms with Crippen LogP contribution in [0.4, 0.5) is 14.5 Å². The summed E-state index contributed by atoms with van der Waals surface area (Å²) < 4.78 is 27.1. The molecule has 0 aliphatic carbocycles. The van der Waals surface area contributed by atoms with Crippen molar-refractivity contribution in [2.75, 3.05) is 5.32 Å². The van der Waals surface area contributed by atoms with Crippen LogP contribution in [0.2, 0.25) is 4.47 Å². The van der Waals surface area contributed by atoms with Gasteiger partial charge in [0.05, 0.1) is 0 Å². The number of aryl methyl sites for hydroxylation is 1. The molecule has 18 heavy (non-hydrogen) atoms. The normalized spacial score (nSPS) is 10.4. The predicted molar refractivity (Wildman–Crippen MR) is 64.0 cm³/mol. The molecule has 0 radical (unpaired) electrons. The molecule has 1 aromatic heterocycles. The summed E-state index contributed by atoms with van der Waals surface area (Å²) in [5.74, 6) is -2.44. The molecule has 0 saturated heterocycles. The van der Waals surface area contributed by atoms with E-state index in [-0.39, 0.29) is 15.0 Å². The molecule has 8 heteroatoms. The largest absolute Gasteiger partial charge is 0.315 e. The molecule has 0 fully saturated rings. The van der Waals surface area contributed by atoms with E-state index in [9.17, 15) is 13.6 Å². The van der Waals surface area contributed by atoms with Crippen LogP contribution in [-0.2, 0) is 0 Å². The average molecular weight is 290 g/mol. The maximum absolute atomic E-state index is 13.6. The van der Waals surface area contributed by atoms with Gasteiger partial charge in [0, 0.05) is 0 Å². The third-order valence-electron chi connectivity index (χ3n) is 2.12. The first-order valence-electron chi connectivity index (χ1n) is 4.74. The first-order valence-corrected chi connectivity index (χ1v) is 5.93. The number of nitrogens with one attached hydrogen (secondary N) is 1. The molecule has 1 N–H and O–H groups in total. The summed E-state index contributed by atoms with van der Waals surface area (Å²) in [6.45, 7) is 1.46. The maximum atomic E-state index is 13.6. The van der Waals surface area contributed by atoms with Crippen molar-refractivity contribution in [2.24, 2.45) is 0 Å². The van der Waals surface area contributed by atoms with Gasteiger partial charge in [0.2, 0.25) is 9.47 Å². The zero-order valence-electron chi connectivity index (χ0n) is 9.00. The van der Waals surface area contributed by atoms with Crippen molar-refractivity contribution >= 4 is 34.5 Å². The Balaban J connectivity index is 2.30. The lowest BCUT2D eigenvalue weighted by Gasteiger charge is -2.07. The third kappa shape index (κ3) is 2.46. The lowest BCUT2D eigenvalue weighted by molar-refractivity contribution is 0.102. The minimum Gasteiger partial charge on any atom is -0.315 e. The number of rotatable bonds is 2. The fourth-order valence-electron chi connectivity index (χ4n) is 1.24. The van der Waals surface area contributed by atoms with Gasteiger partial charge in [-0.3, -0.25) is 4.79 Å². The molecule has 94 valence electrons. The van der Waals surface area contributed by atoms with E-state index in [0.29, 0.717) is 0 Å². The van der Waals surface area contributed by atoms with Crippen molar-refractivity contribution in [3.05, 3.63) is 38.8 Å². The van der Waals surface area contributed by atoms with E-state index < -0.39 is 23.2 Å². The van der Waals surface area contributed by atoms with Crippen molar-refractivity contribution in [1.29, 1.82) is 0 Å². The standard InChI is InChI=1S/C10H6ClF2N3OS/c1-4-2-3-5(12)7(6(4)13)14-8(17)9-15-16-10(11)18-9/h2-3H,1H3,(H,14,17). The predicted octanol–water partition coefficient (Wildman–Crippen LogP) is 3.03. The van der Waals surface area contributed by atoms with E-state index in [1.165, 1.54) is 13.0 Å². The minimum absolute atomic E-state index is 0.0692. The summed E-state index contributed by atoms with van der Waals surface area (Å²) in [7, 11) is 0. The molecule has 1 heterocycles. The van der Waals surface area contributed by atoms with Crippen LogP contribution in [0.5, 0.6) is 0 Å². The van der Waals surface area contributed by atoms with E-state index in [1.807, 2.05) is 0 Å². The summed E-state index contributed by atoms with van der Waals surface area (Å²) >= 11 is 6.33. The Morgan fingerprint density at radius 2 is 2.11 bits per heavy atom. The Hall–Kier alpha value is -1.60. The van der Waals surface area contributed by atoms with Gasteiger partial charge < -0.3 is 5.32 Å². The quantitative estimate of drug-likeness (QED) is 0.924. The van der Waals surface area contributed by atoms with E-state index >= 15 is 0 Å². The number of carbonyl (C=O) groups excluding carboxylic acids is 1. The molecule has 0 unspecified atom stereocenters. The monoisotopic (exact) mass is 289 g/mol. The summed E-state index contributed by atoms with van der Waals surface area (Å²) in [6, 6.07) is 2.35.